The highest BCUT2D eigenvalue weighted by atomic mass is 16.7. The minimum absolute atomic E-state index is 0.142. The lowest BCUT2D eigenvalue weighted by Gasteiger charge is -2.29. The Balaban J connectivity index is 2.16. The highest BCUT2D eigenvalue weighted by molar-refractivity contribution is 5.25. The number of rotatable bonds is 4. The van der Waals surface area contributed by atoms with Gasteiger partial charge >= 0.3 is 0 Å². The third-order valence-electron chi connectivity index (χ3n) is 3.28. The van der Waals surface area contributed by atoms with Gasteiger partial charge in [-0.15, -0.1) is 0 Å². The summed E-state index contributed by atoms with van der Waals surface area (Å²) in [4.78, 5) is 5.39. The van der Waals surface area contributed by atoms with Crippen molar-refractivity contribution >= 4 is 0 Å². The average Bonchev–Trinajstić information content (AvgIpc) is 2.71. The first-order chi connectivity index (χ1) is 7.77. The Labute approximate surface area is 96.7 Å². The van der Waals surface area contributed by atoms with E-state index in [9.17, 15) is 0 Å². The molecule has 1 aliphatic rings. The second-order valence-corrected chi connectivity index (χ2v) is 4.34. The zero-order chi connectivity index (χ0) is 11.4. The fourth-order valence-corrected chi connectivity index (χ4v) is 2.10. The molecule has 0 saturated carbocycles. The molecule has 1 fully saturated rings. The molecular formula is C13H19NO2. The molecule has 1 heterocycles. The molecule has 0 bridgehead atoms. The van der Waals surface area contributed by atoms with Gasteiger partial charge in [-0.1, -0.05) is 30.3 Å². The van der Waals surface area contributed by atoms with Crippen LogP contribution in [0.1, 0.15) is 19.4 Å². The van der Waals surface area contributed by atoms with Crippen molar-refractivity contribution in [1.29, 1.82) is 0 Å². The van der Waals surface area contributed by atoms with Crippen LogP contribution in [0, 0.1) is 5.92 Å². The molecule has 0 radical (unpaired) electrons. The van der Waals surface area contributed by atoms with Gasteiger partial charge in [-0.05, 0) is 19.4 Å². The van der Waals surface area contributed by atoms with E-state index in [1.54, 1.807) is 0 Å². The second kappa shape index (κ2) is 4.95. The molecule has 0 aromatic heterocycles. The Morgan fingerprint density at radius 1 is 1.44 bits per heavy atom. The van der Waals surface area contributed by atoms with Gasteiger partial charge in [-0.25, -0.2) is 0 Å². The third kappa shape index (κ3) is 2.12. The lowest BCUT2D eigenvalue weighted by Crippen LogP contribution is -2.40. The standard InChI is InChI=1S/C13H19NO2/c1-3-15-9-12-10-16-14-13(12,2)11-7-5-4-6-8-11/h4-8,12,14H,3,9-10H2,1-2H3/t12-,13-/m0/s1. The van der Waals surface area contributed by atoms with Crippen molar-refractivity contribution in [3.05, 3.63) is 35.9 Å². The molecule has 1 saturated heterocycles. The summed E-state index contributed by atoms with van der Waals surface area (Å²) in [6.07, 6.45) is 0. The molecule has 2 rings (SSSR count). The molecule has 1 aromatic rings. The zero-order valence-corrected chi connectivity index (χ0v) is 9.90. The lowest BCUT2D eigenvalue weighted by atomic mass is 9.82. The topological polar surface area (TPSA) is 30.5 Å². The highest BCUT2D eigenvalue weighted by Crippen LogP contribution is 2.33. The van der Waals surface area contributed by atoms with Crippen LogP contribution in [0.4, 0.5) is 0 Å². The van der Waals surface area contributed by atoms with E-state index in [4.69, 9.17) is 9.57 Å². The van der Waals surface area contributed by atoms with Gasteiger partial charge in [-0.2, -0.15) is 5.48 Å². The van der Waals surface area contributed by atoms with Crippen molar-refractivity contribution in [3.63, 3.8) is 0 Å². The van der Waals surface area contributed by atoms with Gasteiger partial charge in [0.15, 0.2) is 0 Å². The SMILES string of the molecule is CCOC[C@H]1CON[C@@]1(C)c1ccccc1. The Hall–Kier alpha value is -0.900. The molecule has 0 unspecified atom stereocenters. The quantitative estimate of drug-likeness (QED) is 0.844. The van der Waals surface area contributed by atoms with Gasteiger partial charge in [0.25, 0.3) is 0 Å². The fourth-order valence-electron chi connectivity index (χ4n) is 2.10. The summed E-state index contributed by atoms with van der Waals surface area (Å²) in [5.41, 5.74) is 4.23. The number of hydroxylamine groups is 1. The minimum atomic E-state index is -0.142. The molecule has 1 N–H and O–H groups in total. The Kier molecular flexibility index (Phi) is 3.59. The van der Waals surface area contributed by atoms with E-state index >= 15 is 0 Å². The molecule has 1 aliphatic heterocycles. The average molecular weight is 221 g/mol. The van der Waals surface area contributed by atoms with Crippen LogP contribution in [0.5, 0.6) is 0 Å². The summed E-state index contributed by atoms with van der Waals surface area (Å²) in [6, 6.07) is 10.4. The summed E-state index contributed by atoms with van der Waals surface area (Å²) in [5, 5.41) is 0. The number of hydrogen-bond acceptors (Lipinski definition) is 3. The first kappa shape index (κ1) is 11.6. The van der Waals surface area contributed by atoms with Gasteiger partial charge in [0.2, 0.25) is 0 Å². The first-order valence-electron chi connectivity index (χ1n) is 5.79. The normalized spacial score (nSPS) is 29.5. The van der Waals surface area contributed by atoms with Crippen LogP contribution in [-0.2, 0) is 15.1 Å². The van der Waals surface area contributed by atoms with Gasteiger partial charge in [0, 0.05) is 12.5 Å². The Bertz CT molecular complexity index is 328. The van der Waals surface area contributed by atoms with Crippen molar-refractivity contribution in [1.82, 2.24) is 5.48 Å². The van der Waals surface area contributed by atoms with E-state index in [-0.39, 0.29) is 5.54 Å². The van der Waals surface area contributed by atoms with E-state index in [1.807, 2.05) is 13.0 Å². The van der Waals surface area contributed by atoms with E-state index in [0.29, 0.717) is 12.5 Å². The fraction of sp³-hybridized carbons (Fsp3) is 0.538. The van der Waals surface area contributed by atoms with Crippen molar-refractivity contribution in [2.75, 3.05) is 19.8 Å². The van der Waals surface area contributed by atoms with E-state index in [0.717, 1.165) is 13.2 Å². The second-order valence-electron chi connectivity index (χ2n) is 4.34. The van der Waals surface area contributed by atoms with Crippen LogP contribution in [-0.4, -0.2) is 19.8 Å². The minimum Gasteiger partial charge on any atom is -0.381 e. The molecule has 0 amide bonds. The maximum atomic E-state index is 5.51. The van der Waals surface area contributed by atoms with Gasteiger partial charge < -0.3 is 9.57 Å². The van der Waals surface area contributed by atoms with Crippen LogP contribution in [0.15, 0.2) is 30.3 Å². The highest BCUT2D eigenvalue weighted by Gasteiger charge is 2.41. The van der Waals surface area contributed by atoms with Crippen LogP contribution >= 0.6 is 0 Å². The Morgan fingerprint density at radius 3 is 2.88 bits per heavy atom. The van der Waals surface area contributed by atoms with Gasteiger partial charge in [0.05, 0.1) is 18.8 Å². The molecule has 3 heteroatoms. The largest absolute Gasteiger partial charge is 0.381 e. The predicted octanol–water partition coefficient (Wildman–Crippen LogP) is 2.09. The summed E-state index contributed by atoms with van der Waals surface area (Å²) in [6.45, 7) is 6.36. The van der Waals surface area contributed by atoms with Crippen molar-refractivity contribution < 1.29 is 9.57 Å². The maximum absolute atomic E-state index is 5.51. The van der Waals surface area contributed by atoms with E-state index in [1.165, 1.54) is 5.56 Å². The van der Waals surface area contributed by atoms with E-state index < -0.39 is 0 Å². The summed E-state index contributed by atoms with van der Waals surface area (Å²) >= 11 is 0. The molecule has 1 aromatic carbocycles. The summed E-state index contributed by atoms with van der Waals surface area (Å²) in [5.74, 6) is 0.356. The predicted molar refractivity (Wildman–Crippen MR) is 62.9 cm³/mol. The van der Waals surface area contributed by atoms with E-state index in [2.05, 4.69) is 36.7 Å². The van der Waals surface area contributed by atoms with Crippen molar-refractivity contribution in [3.8, 4) is 0 Å². The third-order valence-corrected chi connectivity index (χ3v) is 3.28. The molecular weight excluding hydrogens is 202 g/mol. The number of nitrogens with one attached hydrogen (secondary N) is 1. The summed E-state index contributed by atoms with van der Waals surface area (Å²) < 4.78 is 5.51. The molecule has 88 valence electrons. The first-order valence-corrected chi connectivity index (χ1v) is 5.79. The van der Waals surface area contributed by atoms with Crippen molar-refractivity contribution in [2.45, 2.75) is 19.4 Å². The molecule has 0 spiro atoms. The maximum Gasteiger partial charge on any atom is 0.0754 e. The lowest BCUT2D eigenvalue weighted by molar-refractivity contribution is 0.0653. The number of benzene rings is 1. The monoisotopic (exact) mass is 221 g/mol. The van der Waals surface area contributed by atoms with Crippen LogP contribution in [0.2, 0.25) is 0 Å². The van der Waals surface area contributed by atoms with Crippen molar-refractivity contribution in [2.24, 2.45) is 5.92 Å². The molecule has 2 atom stereocenters. The molecule has 3 nitrogen and oxygen atoms in total. The van der Waals surface area contributed by atoms with Gasteiger partial charge in [0.1, 0.15) is 0 Å². The van der Waals surface area contributed by atoms with Crippen LogP contribution in [0.3, 0.4) is 0 Å². The van der Waals surface area contributed by atoms with Gasteiger partial charge in [-0.3, -0.25) is 0 Å². The molecule has 0 aliphatic carbocycles. The number of ether oxygens (including phenoxy) is 1. The van der Waals surface area contributed by atoms with Crippen LogP contribution in [0.25, 0.3) is 0 Å². The Morgan fingerprint density at radius 2 is 2.19 bits per heavy atom. The smallest absolute Gasteiger partial charge is 0.0754 e. The zero-order valence-electron chi connectivity index (χ0n) is 9.90. The van der Waals surface area contributed by atoms with Crippen LogP contribution < -0.4 is 5.48 Å². The molecule has 16 heavy (non-hydrogen) atoms. The summed E-state index contributed by atoms with van der Waals surface area (Å²) in [7, 11) is 0. The number of hydrogen-bond donors (Lipinski definition) is 1.